The van der Waals surface area contributed by atoms with Gasteiger partial charge in [-0.1, -0.05) is 53.1 Å². The lowest BCUT2D eigenvalue weighted by atomic mass is 9.78. The van der Waals surface area contributed by atoms with Gasteiger partial charge in [-0.3, -0.25) is 47.8 Å². The van der Waals surface area contributed by atoms with Crippen LogP contribution in [0.15, 0.2) is 137 Å². The molecule has 6 amide bonds. The molecule has 79 heavy (non-hydrogen) atoms. The quantitative estimate of drug-likeness (QED) is 0.0319. The number of imidazole rings is 1. The van der Waals surface area contributed by atoms with Crippen LogP contribution in [-0.4, -0.2) is 87.2 Å². The number of aryl methyl sites for hydroxylation is 2. The Balaban J connectivity index is 0.000000159. The fourth-order valence-corrected chi connectivity index (χ4v) is 12.0. The largest absolute Gasteiger partial charge is 0.338 e. The number of carbonyl (C=O) groups excluding carboxylic acids is 8. The van der Waals surface area contributed by atoms with Crippen molar-refractivity contribution < 1.29 is 66.0 Å². The van der Waals surface area contributed by atoms with Crippen LogP contribution in [0, 0.1) is 19.8 Å². The fourth-order valence-electron chi connectivity index (χ4n) is 10.7. The lowest BCUT2D eigenvalue weighted by molar-refractivity contribution is -0.432. The molecule has 21 heteroatoms. The third-order valence-electron chi connectivity index (χ3n) is 14.6. The Morgan fingerprint density at radius 1 is 0.532 bits per heavy atom. The number of amides is 6. The minimum absolute atomic E-state index is 0.0160. The third kappa shape index (κ3) is 7.81. The van der Waals surface area contributed by atoms with Crippen molar-refractivity contribution in [3.8, 4) is 22.5 Å². The predicted octanol–water partition coefficient (Wildman–Crippen LogP) is 10.0. The van der Waals surface area contributed by atoms with E-state index in [1.807, 2.05) is 31.2 Å². The van der Waals surface area contributed by atoms with Crippen LogP contribution in [0.4, 0.5) is 11.4 Å². The lowest BCUT2D eigenvalue weighted by Gasteiger charge is -2.31. The van der Waals surface area contributed by atoms with Crippen molar-refractivity contribution in [1.29, 1.82) is 0 Å². The molecule has 390 valence electrons. The first-order chi connectivity index (χ1) is 37.8. The molecule has 1 aromatic heterocycles. The molecule has 0 saturated heterocycles. The summed E-state index contributed by atoms with van der Waals surface area (Å²) in [5.74, 6) is -4.47. The zero-order valence-corrected chi connectivity index (χ0v) is 43.2. The molecule has 8 aromatic carbocycles. The van der Waals surface area contributed by atoms with Crippen LogP contribution < -0.4 is 9.80 Å². The molecule has 4 aliphatic rings. The molecule has 3 aliphatic heterocycles. The van der Waals surface area contributed by atoms with Gasteiger partial charge in [-0.05, 0) is 117 Å². The van der Waals surface area contributed by atoms with Crippen LogP contribution in [0.2, 0.25) is 0 Å². The van der Waals surface area contributed by atoms with Crippen molar-refractivity contribution >= 4 is 113 Å². The van der Waals surface area contributed by atoms with Crippen LogP contribution >= 0.6 is 12.0 Å². The maximum Gasteiger partial charge on any atom is 0.295 e. The summed E-state index contributed by atoms with van der Waals surface area (Å²) in [6.45, 7) is 5.37. The number of Topliss-reactive ketones (excluding diaryl/α,β-unsaturated/α-hetero) is 2. The van der Waals surface area contributed by atoms with Crippen molar-refractivity contribution in [2.24, 2.45) is 5.92 Å². The number of anilines is 2. The summed E-state index contributed by atoms with van der Waals surface area (Å²) >= 11 is 0.589. The van der Waals surface area contributed by atoms with E-state index in [0.717, 1.165) is 37.5 Å². The van der Waals surface area contributed by atoms with Crippen LogP contribution in [0.3, 0.4) is 0 Å². The van der Waals surface area contributed by atoms with Gasteiger partial charge in [0, 0.05) is 89.1 Å². The number of imide groups is 3. The summed E-state index contributed by atoms with van der Waals surface area (Å²) in [4.78, 5) is 117. The van der Waals surface area contributed by atoms with Gasteiger partial charge in [0.1, 0.15) is 10.7 Å². The van der Waals surface area contributed by atoms with Crippen LogP contribution in [-0.2, 0) is 19.5 Å². The number of nitrogens with zero attached hydrogens (tertiary/aromatic N) is 4. The molecule has 1 aliphatic carbocycles. The second-order valence-corrected chi connectivity index (χ2v) is 21.3. The van der Waals surface area contributed by atoms with E-state index >= 15 is 0 Å². The summed E-state index contributed by atoms with van der Waals surface area (Å²) in [7, 11) is -3.57. The van der Waals surface area contributed by atoms with Gasteiger partial charge in [-0.25, -0.2) is 20.0 Å². The maximum atomic E-state index is 13.8. The molecule has 19 nitrogen and oxygen atoms in total. The number of hydrogen-bond acceptors (Lipinski definition) is 15. The van der Waals surface area contributed by atoms with Crippen molar-refractivity contribution in [3.05, 3.63) is 183 Å². The SMILES string of the molecule is Cc1ccc(-c2ccc(N3C(=O)c4ccc5c6c(ccc(c46)C3=O)C(=O)N(C)C5=O)cc2S(=O)(=O)O)c(SOOO)c1.Cc1ccc(-c2nc3ccc(N4C(=O)c5ccc6c7c(ccc(c57)C4=O)C(=O)C(C)C6=O)cc3[nH]2)cc1. The highest BCUT2D eigenvalue weighted by molar-refractivity contribution is 7.94. The Morgan fingerprint density at radius 2 is 0.962 bits per heavy atom. The number of nitrogens with one attached hydrogen (secondary N) is 1. The Hall–Kier alpha value is -9.35. The van der Waals surface area contributed by atoms with Gasteiger partial charge in [-0.15, -0.1) is 4.33 Å². The van der Waals surface area contributed by atoms with Gasteiger partial charge in [0.2, 0.25) is 0 Å². The first-order valence-electron chi connectivity index (χ1n) is 24.1. The number of benzene rings is 8. The van der Waals surface area contributed by atoms with Gasteiger partial charge in [0.15, 0.2) is 11.6 Å². The molecule has 9 aromatic rings. The van der Waals surface area contributed by atoms with Gasteiger partial charge < -0.3 is 4.98 Å². The zero-order chi connectivity index (χ0) is 55.7. The van der Waals surface area contributed by atoms with Crippen molar-refractivity contribution in [2.45, 2.75) is 30.6 Å². The van der Waals surface area contributed by atoms with Crippen molar-refractivity contribution in [2.75, 3.05) is 16.8 Å². The summed E-state index contributed by atoms with van der Waals surface area (Å²) in [6.07, 6.45) is 0. The first kappa shape index (κ1) is 50.5. The van der Waals surface area contributed by atoms with E-state index < -0.39 is 56.4 Å². The van der Waals surface area contributed by atoms with Crippen molar-refractivity contribution in [1.82, 2.24) is 14.9 Å². The highest BCUT2D eigenvalue weighted by Gasteiger charge is 2.42. The molecule has 4 heterocycles. The monoisotopic (exact) mass is 1090 g/mol. The number of fused-ring (bicyclic) bond motifs is 1. The molecule has 0 radical (unpaired) electrons. The van der Waals surface area contributed by atoms with E-state index in [4.69, 9.17) is 5.26 Å². The number of hydrogen-bond donors (Lipinski definition) is 3. The van der Waals surface area contributed by atoms with Gasteiger partial charge in [0.05, 0.1) is 40.4 Å². The highest BCUT2D eigenvalue weighted by atomic mass is 32.2. The molecular formula is C58H37N5O14S2. The van der Waals surface area contributed by atoms with Crippen LogP contribution in [0.5, 0.6) is 0 Å². The first-order valence-corrected chi connectivity index (χ1v) is 26.3. The molecule has 0 fully saturated rings. The molecule has 0 bridgehead atoms. The van der Waals surface area contributed by atoms with E-state index in [-0.39, 0.29) is 72.5 Å². The average molecular weight is 1090 g/mol. The van der Waals surface area contributed by atoms with E-state index in [9.17, 15) is 51.3 Å². The molecular weight excluding hydrogens is 1050 g/mol. The minimum atomic E-state index is -4.91. The number of carbonyl (C=O) groups is 8. The standard InChI is InChI=1S/C30H19N3O4.C28H18N2O10S2/c1-14-3-5-16(6-4-14)28-31-22-12-7-17(13-23(22)32-28)33-29(36)20-10-8-18-24-19(27(35)15(2)26(18)34)9-11-21(25(20)24)30(33)37;1-13-3-5-15(21(11-13)41-40-39-35)16-6-4-14(12-22(16)42(36,37)38)30-27(33)19-9-7-17-23-18(26(32)29(2)25(17)31)8-10-20(24(19)23)28(30)34/h3-13,15H,1-2H3,(H,31,32);3-12,35H,1-2H3,(H,36,37,38). The Bertz CT molecular complexity index is 4330. The second kappa shape index (κ2) is 18.4. The summed E-state index contributed by atoms with van der Waals surface area (Å²) in [5, 5.41) is 13.4. The number of aromatic amines is 1. The van der Waals surface area contributed by atoms with Gasteiger partial charge >= 0.3 is 0 Å². The molecule has 0 atom stereocenters. The molecule has 3 N–H and O–H groups in total. The fraction of sp³-hybridized carbons (Fsp3) is 0.0862. The van der Waals surface area contributed by atoms with Crippen molar-refractivity contribution in [3.63, 3.8) is 0 Å². The summed E-state index contributed by atoms with van der Waals surface area (Å²) in [6, 6.07) is 33.6. The van der Waals surface area contributed by atoms with E-state index in [0.29, 0.717) is 61.4 Å². The summed E-state index contributed by atoms with van der Waals surface area (Å²) < 4.78 is 39.8. The predicted molar refractivity (Wildman–Crippen MR) is 288 cm³/mol. The number of ketones is 2. The van der Waals surface area contributed by atoms with E-state index in [2.05, 4.69) is 19.3 Å². The highest BCUT2D eigenvalue weighted by Crippen LogP contribution is 2.44. The Kier molecular flexibility index (Phi) is 11.8. The third-order valence-corrected chi connectivity index (χ3v) is 16.1. The molecule has 0 unspecified atom stereocenters. The number of rotatable bonds is 8. The molecule has 0 spiro atoms. The molecule has 0 saturated carbocycles. The topological polar surface area (TPSA) is 268 Å². The Labute approximate surface area is 450 Å². The van der Waals surface area contributed by atoms with E-state index in [1.165, 1.54) is 43.4 Å². The Morgan fingerprint density at radius 3 is 1.47 bits per heavy atom. The van der Waals surface area contributed by atoms with Crippen LogP contribution in [0.25, 0.3) is 55.1 Å². The van der Waals surface area contributed by atoms with E-state index in [1.54, 1.807) is 74.5 Å². The lowest BCUT2D eigenvalue weighted by Crippen LogP contribution is -2.42. The van der Waals surface area contributed by atoms with Crippen LogP contribution in [0.1, 0.15) is 101 Å². The zero-order valence-electron chi connectivity index (χ0n) is 41.6. The minimum Gasteiger partial charge on any atom is -0.338 e. The van der Waals surface area contributed by atoms with Gasteiger partial charge in [-0.2, -0.15) is 8.42 Å². The second-order valence-electron chi connectivity index (χ2n) is 19.2. The summed E-state index contributed by atoms with van der Waals surface area (Å²) in [5.41, 5.74) is 6.52. The molecule has 13 rings (SSSR count). The van der Waals surface area contributed by atoms with Gasteiger partial charge in [0.25, 0.3) is 45.6 Å². The number of aromatic nitrogens is 2. The number of H-pyrrole nitrogens is 1. The smallest absolute Gasteiger partial charge is 0.295 e. The maximum absolute atomic E-state index is 13.8. The average Bonchev–Trinajstić information content (AvgIpc) is 3.61. The normalized spacial score (nSPS) is 15.0.